The predicted molar refractivity (Wildman–Crippen MR) is 76.6 cm³/mol. The molecule has 1 aromatic rings. The number of nitrogens with zero attached hydrogens (tertiary/aromatic N) is 1. The molecule has 0 unspecified atom stereocenters. The van der Waals surface area contributed by atoms with Crippen molar-refractivity contribution in [3.8, 4) is 11.5 Å². The van der Waals surface area contributed by atoms with Crippen LogP contribution in [0.4, 0.5) is 10.5 Å². The summed E-state index contributed by atoms with van der Waals surface area (Å²) in [5, 5.41) is 12.4. The molecule has 1 rings (SSSR count). The van der Waals surface area contributed by atoms with Crippen molar-refractivity contribution < 1.29 is 19.4 Å². The molecule has 2 amide bonds. The molecular formula is C14H20N2O4. The molecule has 0 aliphatic heterocycles. The Hall–Kier alpha value is -2.24. The Morgan fingerprint density at radius 1 is 1.30 bits per heavy atom. The SMILES string of the molecule is CCN(CC)C(=O)Nc1cc(C(C)=O)c(O)cc1OC. The summed E-state index contributed by atoms with van der Waals surface area (Å²) >= 11 is 0. The van der Waals surface area contributed by atoms with Crippen LogP contribution in [0.2, 0.25) is 0 Å². The first-order chi connectivity index (χ1) is 9.44. The number of hydrogen-bond acceptors (Lipinski definition) is 4. The summed E-state index contributed by atoms with van der Waals surface area (Å²) in [4.78, 5) is 25.0. The minimum atomic E-state index is -0.288. The van der Waals surface area contributed by atoms with E-state index in [4.69, 9.17) is 4.74 Å². The van der Waals surface area contributed by atoms with Crippen molar-refractivity contribution >= 4 is 17.5 Å². The minimum Gasteiger partial charge on any atom is -0.507 e. The van der Waals surface area contributed by atoms with Crippen molar-refractivity contribution in [2.24, 2.45) is 0 Å². The van der Waals surface area contributed by atoms with Gasteiger partial charge in [-0.2, -0.15) is 0 Å². The lowest BCUT2D eigenvalue weighted by Crippen LogP contribution is -2.34. The Bertz CT molecular complexity index is 510. The van der Waals surface area contributed by atoms with Gasteiger partial charge in [0.1, 0.15) is 11.5 Å². The highest BCUT2D eigenvalue weighted by molar-refractivity contribution is 6.00. The number of urea groups is 1. The molecule has 20 heavy (non-hydrogen) atoms. The van der Waals surface area contributed by atoms with Crippen LogP contribution >= 0.6 is 0 Å². The fourth-order valence-electron chi connectivity index (χ4n) is 1.82. The van der Waals surface area contributed by atoms with E-state index in [1.54, 1.807) is 4.90 Å². The molecule has 0 aromatic heterocycles. The second-order valence-electron chi connectivity index (χ2n) is 4.23. The summed E-state index contributed by atoms with van der Waals surface area (Å²) in [5.41, 5.74) is 0.494. The van der Waals surface area contributed by atoms with Gasteiger partial charge >= 0.3 is 6.03 Å². The summed E-state index contributed by atoms with van der Waals surface area (Å²) in [6.07, 6.45) is 0. The number of carbonyl (C=O) groups excluding carboxylic acids is 2. The van der Waals surface area contributed by atoms with Gasteiger partial charge in [-0.15, -0.1) is 0 Å². The molecule has 2 N–H and O–H groups in total. The van der Waals surface area contributed by atoms with E-state index in [0.29, 0.717) is 24.5 Å². The number of phenolic OH excluding ortho intramolecular Hbond substituents is 1. The van der Waals surface area contributed by atoms with E-state index in [1.807, 2.05) is 13.8 Å². The number of amides is 2. The fraction of sp³-hybridized carbons (Fsp3) is 0.429. The highest BCUT2D eigenvalue weighted by atomic mass is 16.5. The molecule has 0 saturated carbocycles. The van der Waals surface area contributed by atoms with E-state index in [0.717, 1.165) is 0 Å². The molecule has 6 heteroatoms. The number of Topliss-reactive ketones (excluding diaryl/α,β-unsaturated/α-hetero) is 1. The summed E-state index contributed by atoms with van der Waals surface area (Å²) in [6, 6.07) is 2.44. The summed E-state index contributed by atoms with van der Waals surface area (Å²) in [7, 11) is 1.43. The lowest BCUT2D eigenvalue weighted by atomic mass is 10.1. The van der Waals surface area contributed by atoms with Crippen LogP contribution in [0.1, 0.15) is 31.1 Å². The second kappa shape index (κ2) is 6.79. The van der Waals surface area contributed by atoms with Crippen LogP contribution in [0.25, 0.3) is 0 Å². The van der Waals surface area contributed by atoms with Crippen molar-refractivity contribution in [3.05, 3.63) is 17.7 Å². The molecule has 6 nitrogen and oxygen atoms in total. The number of nitrogens with one attached hydrogen (secondary N) is 1. The second-order valence-corrected chi connectivity index (χ2v) is 4.23. The third kappa shape index (κ3) is 3.40. The molecule has 0 atom stereocenters. The Labute approximate surface area is 118 Å². The van der Waals surface area contributed by atoms with Gasteiger partial charge in [-0.1, -0.05) is 0 Å². The fourth-order valence-corrected chi connectivity index (χ4v) is 1.82. The molecule has 0 aliphatic rings. The normalized spacial score (nSPS) is 10.0. The van der Waals surface area contributed by atoms with Crippen molar-refractivity contribution in [2.75, 3.05) is 25.5 Å². The van der Waals surface area contributed by atoms with E-state index in [2.05, 4.69) is 5.32 Å². The first-order valence-electron chi connectivity index (χ1n) is 6.42. The maximum absolute atomic E-state index is 12.0. The monoisotopic (exact) mass is 280 g/mol. The lowest BCUT2D eigenvalue weighted by molar-refractivity contribution is 0.101. The molecule has 0 saturated heterocycles. The Balaban J connectivity index is 3.13. The Kier molecular flexibility index (Phi) is 5.37. The van der Waals surface area contributed by atoms with Gasteiger partial charge < -0.3 is 20.1 Å². The topological polar surface area (TPSA) is 78.9 Å². The van der Waals surface area contributed by atoms with E-state index < -0.39 is 0 Å². The van der Waals surface area contributed by atoms with Gasteiger partial charge in [0.25, 0.3) is 0 Å². The number of aromatic hydroxyl groups is 1. The van der Waals surface area contributed by atoms with Gasteiger partial charge in [-0.25, -0.2) is 4.79 Å². The molecule has 0 radical (unpaired) electrons. The van der Waals surface area contributed by atoms with E-state index in [9.17, 15) is 14.7 Å². The number of anilines is 1. The largest absolute Gasteiger partial charge is 0.507 e. The third-order valence-corrected chi connectivity index (χ3v) is 2.99. The third-order valence-electron chi connectivity index (χ3n) is 2.99. The van der Waals surface area contributed by atoms with Gasteiger partial charge in [0.2, 0.25) is 0 Å². The molecule has 0 heterocycles. The lowest BCUT2D eigenvalue weighted by Gasteiger charge is -2.20. The highest BCUT2D eigenvalue weighted by Crippen LogP contribution is 2.32. The maximum atomic E-state index is 12.0. The van der Waals surface area contributed by atoms with Gasteiger partial charge in [0, 0.05) is 19.2 Å². The average molecular weight is 280 g/mol. The van der Waals surface area contributed by atoms with E-state index in [-0.39, 0.29) is 23.1 Å². The van der Waals surface area contributed by atoms with Gasteiger partial charge in [0.05, 0.1) is 18.4 Å². The Morgan fingerprint density at radius 3 is 2.35 bits per heavy atom. The van der Waals surface area contributed by atoms with Crippen LogP contribution in [0.3, 0.4) is 0 Å². The number of ether oxygens (including phenoxy) is 1. The molecule has 0 aliphatic carbocycles. The van der Waals surface area contributed by atoms with Gasteiger partial charge in [0.15, 0.2) is 5.78 Å². The minimum absolute atomic E-state index is 0.139. The maximum Gasteiger partial charge on any atom is 0.321 e. The van der Waals surface area contributed by atoms with Crippen molar-refractivity contribution in [1.82, 2.24) is 4.90 Å². The number of ketones is 1. The zero-order valence-electron chi connectivity index (χ0n) is 12.2. The van der Waals surface area contributed by atoms with Crippen LogP contribution in [-0.4, -0.2) is 42.0 Å². The average Bonchev–Trinajstić information content (AvgIpc) is 2.41. The number of hydrogen-bond donors (Lipinski definition) is 2. The summed E-state index contributed by atoms with van der Waals surface area (Å²) in [6.45, 7) is 6.23. The van der Waals surface area contributed by atoms with Crippen LogP contribution in [0.5, 0.6) is 11.5 Å². The summed E-state index contributed by atoms with van der Waals surface area (Å²) in [5.74, 6) is -0.160. The number of benzene rings is 1. The summed E-state index contributed by atoms with van der Waals surface area (Å²) < 4.78 is 5.10. The quantitative estimate of drug-likeness (QED) is 0.641. The number of carbonyl (C=O) groups is 2. The molecule has 0 spiro atoms. The number of methoxy groups -OCH3 is 1. The first kappa shape index (κ1) is 15.8. The van der Waals surface area contributed by atoms with Crippen LogP contribution < -0.4 is 10.1 Å². The Morgan fingerprint density at radius 2 is 1.90 bits per heavy atom. The number of rotatable bonds is 5. The van der Waals surface area contributed by atoms with Crippen LogP contribution in [0, 0.1) is 0 Å². The van der Waals surface area contributed by atoms with Gasteiger partial charge in [-0.05, 0) is 26.8 Å². The molecule has 110 valence electrons. The molecule has 0 bridgehead atoms. The zero-order chi connectivity index (χ0) is 15.3. The van der Waals surface area contributed by atoms with Crippen molar-refractivity contribution in [3.63, 3.8) is 0 Å². The predicted octanol–water partition coefficient (Wildman–Crippen LogP) is 2.48. The van der Waals surface area contributed by atoms with E-state index in [1.165, 1.54) is 26.2 Å². The highest BCUT2D eigenvalue weighted by Gasteiger charge is 2.16. The molecular weight excluding hydrogens is 260 g/mol. The smallest absolute Gasteiger partial charge is 0.321 e. The molecule has 0 fully saturated rings. The zero-order valence-corrected chi connectivity index (χ0v) is 12.2. The van der Waals surface area contributed by atoms with Crippen molar-refractivity contribution in [1.29, 1.82) is 0 Å². The van der Waals surface area contributed by atoms with Crippen LogP contribution in [-0.2, 0) is 0 Å². The standard InChI is InChI=1S/C14H20N2O4/c1-5-16(6-2)14(19)15-11-7-10(9(3)17)12(18)8-13(11)20-4/h7-8,18H,5-6H2,1-4H3,(H,15,19). The van der Waals surface area contributed by atoms with E-state index >= 15 is 0 Å². The van der Waals surface area contributed by atoms with Gasteiger partial charge in [-0.3, -0.25) is 4.79 Å². The van der Waals surface area contributed by atoms with Crippen LogP contribution in [0.15, 0.2) is 12.1 Å². The molecule has 1 aromatic carbocycles. The first-order valence-corrected chi connectivity index (χ1v) is 6.42. The number of phenols is 1. The van der Waals surface area contributed by atoms with Crippen molar-refractivity contribution in [2.45, 2.75) is 20.8 Å².